The second-order valence-corrected chi connectivity index (χ2v) is 4.67. The summed E-state index contributed by atoms with van der Waals surface area (Å²) in [6, 6.07) is 2.18. The number of nitrogens with one attached hydrogen (secondary N) is 2. The van der Waals surface area contributed by atoms with E-state index in [1.165, 1.54) is 0 Å². The van der Waals surface area contributed by atoms with E-state index in [0.717, 1.165) is 15.9 Å². The van der Waals surface area contributed by atoms with E-state index in [9.17, 15) is 4.79 Å². The van der Waals surface area contributed by atoms with Gasteiger partial charge in [0.15, 0.2) is 0 Å². The van der Waals surface area contributed by atoms with Crippen LogP contribution >= 0.6 is 15.9 Å². The lowest BCUT2D eigenvalue weighted by atomic mass is 10.3. The number of halogens is 1. The minimum Gasteiger partial charge on any atom is -0.324 e. The Balaban J connectivity index is 2.53. The van der Waals surface area contributed by atoms with Crippen LogP contribution in [-0.2, 0) is 4.79 Å². The largest absolute Gasteiger partial charge is 0.324 e. The molecule has 0 aliphatic rings. The van der Waals surface area contributed by atoms with E-state index in [1.54, 1.807) is 6.20 Å². The summed E-state index contributed by atoms with van der Waals surface area (Å²) in [5, 5.41) is 5.83. The van der Waals surface area contributed by atoms with Gasteiger partial charge in [-0.3, -0.25) is 4.79 Å². The SMILES string of the molecule is Cc1cc(NC(=O)CNC(C)C)cnc1Br. The van der Waals surface area contributed by atoms with Crippen LogP contribution in [0, 0.1) is 6.92 Å². The van der Waals surface area contributed by atoms with Crippen LogP contribution in [0.5, 0.6) is 0 Å². The molecule has 0 saturated carbocycles. The molecule has 1 aromatic rings. The van der Waals surface area contributed by atoms with Gasteiger partial charge in [-0.25, -0.2) is 4.98 Å². The number of nitrogens with zero attached hydrogens (tertiary/aromatic N) is 1. The highest BCUT2D eigenvalue weighted by molar-refractivity contribution is 9.10. The molecule has 0 bridgehead atoms. The third-order valence-corrected chi connectivity index (χ3v) is 2.80. The number of anilines is 1. The van der Waals surface area contributed by atoms with Crippen molar-refractivity contribution >= 4 is 27.5 Å². The van der Waals surface area contributed by atoms with Gasteiger partial charge in [0.1, 0.15) is 4.60 Å². The molecule has 2 N–H and O–H groups in total. The Labute approximate surface area is 104 Å². The number of hydrogen-bond donors (Lipinski definition) is 2. The Kier molecular flexibility index (Phi) is 4.89. The molecule has 0 saturated heterocycles. The number of aryl methyl sites for hydroxylation is 1. The summed E-state index contributed by atoms with van der Waals surface area (Å²) in [5.74, 6) is -0.0581. The van der Waals surface area contributed by atoms with E-state index < -0.39 is 0 Å². The lowest BCUT2D eigenvalue weighted by molar-refractivity contribution is -0.115. The summed E-state index contributed by atoms with van der Waals surface area (Å²) in [5.41, 5.74) is 1.71. The van der Waals surface area contributed by atoms with Crippen LogP contribution in [-0.4, -0.2) is 23.5 Å². The van der Waals surface area contributed by atoms with E-state index in [-0.39, 0.29) is 5.91 Å². The monoisotopic (exact) mass is 285 g/mol. The van der Waals surface area contributed by atoms with Gasteiger partial charge < -0.3 is 10.6 Å². The Morgan fingerprint density at radius 1 is 1.56 bits per heavy atom. The Hall–Kier alpha value is -0.940. The molecule has 1 heterocycles. The molecule has 1 rings (SSSR count). The van der Waals surface area contributed by atoms with E-state index in [1.807, 2.05) is 26.8 Å². The average Bonchev–Trinajstić information content (AvgIpc) is 2.21. The van der Waals surface area contributed by atoms with Gasteiger partial charge in [-0.15, -0.1) is 0 Å². The van der Waals surface area contributed by atoms with E-state index in [2.05, 4.69) is 31.5 Å². The lowest BCUT2D eigenvalue weighted by Gasteiger charge is -2.09. The smallest absolute Gasteiger partial charge is 0.238 e. The quantitative estimate of drug-likeness (QED) is 0.833. The summed E-state index contributed by atoms with van der Waals surface area (Å²) < 4.78 is 0.797. The molecule has 0 aliphatic heterocycles. The number of pyridine rings is 1. The maximum Gasteiger partial charge on any atom is 0.238 e. The maximum atomic E-state index is 11.5. The number of aromatic nitrogens is 1. The maximum absolute atomic E-state index is 11.5. The molecule has 0 unspecified atom stereocenters. The Bertz CT molecular complexity index is 379. The number of hydrogen-bond acceptors (Lipinski definition) is 3. The Morgan fingerprint density at radius 2 is 2.25 bits per heavy atom. The van der Waals surface area contributed by atoms with Crippen molar-refractivity contribution in [2.75, 3.05) is 11.9 Å². The van der Waals surface area contributed by atoms with Crippen LogP contribution in [0.25, 0.3) is 0 Å². The van der Waals surface area contributed by atoms with Gasteiger partial charge in [-0.2, -0.15) is 0 Å². The fourth-order valence-electron chi connectivity index (χ4n) is 1.13. The molecule has 0 fully saturated rings. The molecule has 16 heavy (non-hydrogen) atoms. The van der Waals surface area contributed by atoms with Crippen molar-refractivity contribution in [2.45, 2.75) is 26.8 Å². The first-order chi connectivity index (χ1) is 7.49. The van der Waals surface area contributed by atoms with Crippen molar-refractivity contribution in [3.05, 3.63) is 22.4 Å². The molecule has 0 aliphatic carbocycles. The minimum atomic E-state index is -0.0581. The third kappa shape index (κ3) is 4.28. The summed E-state index contributed by atoms with van der Waals surface area (Å²) >= 11 is 3.31. The van der Waals surface area contributed by atoms with Gasteiger partial charge in [0, 0.05) is 6.04 Å². The topological polar surface area (TPSA) is 54.0 Å². The number of amides is 1. The standard InChI is InChI=1S/C11H16BrN3O/c1-7(2)13-6-10(16)15-9-4-8(3)11(12)14-5-9/h4-5,7,13H,6H2,1-3H3,(H,15,16). The van der Waals surface area contributed by atoms with Crippen molar-refractivity contribution in [1.29, 1.82) is 0 Å². The van der Waals surface area contributed by atoms with Crippen LogP contribution < -0.4 is 10.6 Å². The van der Waals surface area contributed by atoms with E-state index >= 15 is 0 Å². The van der Waals surface area contributed by atoms with Gasteiger partial charge in [0.2, 0.25) is 5.91 Å². The Morgan fingerprint density at radius 3 is 2.81 bits per heavy atom. The van der Waals surface area contributed by atoms with Crippen molar-refractivity contribution in [2.24, 2.45) is 0 Å². The molecule has 0 aromatic carbocycles. The van der Waals surface area contributed by atoms with Crippen LogP contribution in [0.2, 0.25) is 0 Å². The number of rotatable bonds is 4. The number of carbonyl (C=O) groups excluding carboxylic acids is 1. The second kappa shape index (κ2) is 5.96. The zero-order valence-electron chi connectivity index (χ0n) is 9.67. The molecule has 1 amide bonds. The van der Waals surface area contributed by atoms with Gasteiger partial charge in [-0.1, -0.05) is 13.8 Å². The van der Waals surface area contributed by atoms with Crippen LogP contribution in [0.3, 0.4) is 0 Å². The van der Waals surface area contributed by atoms with Gasteiger partial charge in [-0.05, 0) is 34.5 Å². The molecule has 4 nitrogen and oxygen atoms in total. The predicted molar refractivity (Wildman–Crippen MR) is 68.4 cm³/mol. The molecule has 1 aromatic heterocycles. The highest BCUT2D eigenvalue weighted by Gasteiger charge is 2.04. The molecule has 88 valence electrons. The fraction of sp³-hybridized carbons (Fsp3) is 0.455. The molecular formula is C11H16BrN3O. The first-order valence-electron chi connectivity index (χ1n) is 5.14. The van der Waals surface area contributed by atoms with Crippen LogP contribution in [0.1, 0.15) is 19.4 Å². The van der Waals surface area contributed by atoms with Crippen molar-refractivity contribution < 1.29 is 4.79 Å². The molecule has 5 heteroatoms. The van der Waals surface area contributed by atoms with Crippen LogP contribution in [0.4, 0.5) is 5.69 Å². The van der Waals surface area contributed by atoms with E-state index in [4.69, 9.17) is 0 Å². The van der Waals surface area contributed by atoms with Crippen molar-refractivity contribution in [1.82, 2.24) is 10.3 Å². The van der Waals surface area contributed by atoms with Crippen molar-refractivity contribution in [3.63, 3.8) is 0 Å². The number of carbonyl (C=O) groups is 1. The third-order valence-electron chi connectivity index (χ3n) is 1.97. The minimum absolute atomic E-state index is 0.0581. The second-order valence-electron chi connectivity index (χ2n) is 3.92. The molecular weight excluding hydrogens is 270 g/mol. The fourth-order valence-corrected chi connectivity index (χ4v) is 1.35. The molecule has 0 spiro atoms. The van der Waals surface area contributed by atoms with Gasteiger partial charge >= 0.3 is 0 Å². The zero-order valence-corrected chi connectivity index (χ0v) is 11.3. The lowest BCUT2D eigenvalue weighted by Crippen LogP contribution is -2.32. The van der Waals surface area contributed by atoms with Gasteiger partial charge in [0.25, 0.3) is 0 Å². The van der Waals surface area contributed by atoms with Gasteiger partial charge in [0.05, 0.1) is 18.4 Å². The highest BCUT2D eigenvalue weighted by Crippen LogP contribution is 2.16. The molecule has 0 radical (unpaired) electrons. The first kappa shape index (κ1) is 13.1. The summed E-state index contributed by atoms with van der Waals surface area (Å²) in [6.45, 7) is 6.24. The highest BCUT2D eigenvalue weighted by atomic mass is 79.9. The van der Waals surface area contributed by atoms with Crippen molar-refractivity contribution in [3.8, 4) is 0 Å². The predicted octanol–water partition coefficient (Wildman–Crippen LogP) is 2.09. The summed E-state index contributed by atoms with van der Waals surface area (Å²) in [7, 11) is 0. The average molecular weight is 286 g/mol. The molecule has 0 atom stereocenters. The summed E-state index contributed by atoms with van der Waals surface area (Å²) in [6.07, 6.45) is 1.63. The summed E-state index contributed by atoms with van der Waals surface area (Å²) in [4.78, 5) is 15.6. The normalized spacial score (nSPS) is 10.6. The van der Waals surface area contributed by atoms with E-state index in [0.29, 0.717) is 12.6 Å². The zero-order chi connectivity index (χ0) is 12.1. The van der Waals surface area contributed by atoms with Crippen LogP contribution in [0.15, 0.2) is 16.9 Å². The first-order valence-corrected chi connectivity index (χ1v) is 5.93.